The maximum absolute atomic E-state index is 10.3. The number of aliphatic hydroxyl groups excluding tert-OH is 1. The van der Waals surface area contributed by atoms with Crippen LogP contribution < -0.4 is 5.32 Å². The first-order valence-electron chi connectivity index (χ1n) is 4.25. The summed E-state index contributed by atoms with van der Waals surface area (Å²) in [5, 5.41) is 19.8. The van der Waals surface area contributed by atoms with Gasteiger partial charge >= 0.3 is 5.97 Å². The van der Waals surface area contributed by atoms with Gasteiger partial charge in [-0.3, -0.25) is 4.79 Å². The number of carboxylic acids is 1. The molecule has 4 heteroatoms. The summed E-state index contributed by atoms with van der Waals surface area (Å²) in [5.74, 6) is -0.822. The van der Waals surface area contributed by atoms with Crippen molar-refractivity contribution in [1.82, 2.24) is 5.32 Å². The van der Waals surface area contributed by atoms with Gasteiger partial charge in [-0.15, -0.1) is 0 Å². The first-order chi connectivity index (χ1) is 5.68. The molecule has 0 fully saturated rings. The van der Waals surface area contributed by atoms with E-state index in [0.29, 0.717) is 6.54 Å². The monoisotopic (exact) mass is 175 g/mol. The Labute approximate surface area is 72.6 Å². The molecule has 0 amide bonds. The van der Waals surface area contributed by atoms with E-state index >= 15 is 0 Å². The third-order valence-electron chi connectivity index (χ3n) is 1.66. The summed E-state index contributed by atoms with van der Waals surface area (Å²) in [4.78, 5) is 10.3. The summed E-state index contributed by atoms with van der Waals surface area (Å²) in [6.07, 6.45) is 2.65. The molecule has 4 nitrogen and oxygen atoms in total. The molecule has 0 saturated carbocycles. The fourth-order valence-corrected chi connectivity index (χ4v) is 0.819. The lowest BCUT2D eigenvalue weighted by atomic mass is 10.2. The largest absolute Gasteiger partial charge is 0.480 e. The Morgan fingerprint density at radius 3 is 2.58 bits per heavy atom. The summed E-state index contributed by atoms with van der Waals surface area (Å²) in [5.41, 5.74) is 0. The van der Waals surface area contributed by atoms with Gasteiger partial charge in [0, 0.05) is 6.61 Å². The van der Waals surface area contributed by atoms with Gasteiger partial charge in [0.15, 0.2) is 0 Å². The lowest BCUT2D eigenvalue weighted by Crippen LogP contribution is -2.34. The standard InChI is InChI=1S/C8H17NO3/c1-7(8(11)12)9-5-3-2-4-6-10/h7,9-10H,2-6H2,1H3,(H,11,12)/t7-/m0/s1. The second-order valence-electron chi connectivity index (χ2n) is 2.80. The fraction of sp³-hybridized carbons (Fsp3) is 0.875. The van der Waals surface area contributed by atoms with Crippen LogP contribution in [0.2, 0.25) is 0 Å². The number of rotatable bonds is 7. The minimum atomic E-state index is -0.822. The van der Waals surface area contributed by atoms with Crippen molar-refractivity contribution >= 4 is 5.97 Å². The van der Waals surface area contributed by atoms with Crippen molar-refractivity contribution in [2.24, 2.45) is 0 Å². The molecule has 0 aliphatic carbocycles. The Kier molecular flexibility index (Phi) is 6.70. The summed E-state index contributed by atoms with van der Waals surface area (Å²) in [6.45, 7) is 2.54. The molecule has 12 heavy (non-hydrogen) atoms. The van der Waals surface area contributed by atoms with E-state index in [4.69, 9.17) is 10.2 Å². The molecule has 1 atom stereocenters. The first-order valence-corrected chi connectivity index (χ1v) is 4.25. The van der Waals surface area contributed by atoms with E-state index < -0.39 is 12.0 Å². The van der Waals surface area contributed by atoms with Crippen LogP contribution in [0.1, 0.15) is 26.2 Å². The number of carbonyl (C=O) groups is 1. The molecular weight excluding hydrogens is 158 g/mol. The minimum Gasteiger partial charge on any atom is -0.480 e. The molecule has 0 aromatic carbocycles. The Morgan fingerprint density at radius 1 is 1.42 bits per heavy atom. The number of hydrogen-bond acceptors (Lipinski definition) is 3. The van der Waals surface area contributed by atoms with E-state index in [-0.39, 0.29) is 6.61 Å². The Morgan fingerprint density at radius 2 is 2.08 bits per heavy atom. The van der Waals surface area contributed by atoms with Crippen LogP contribution in [-0.4, -0.2) is 35.4 Å². The average Bonchev–Trinajstić information content (AvgIpc) is 2.03. The summed E-state index contributed by atoms with van der Waals surface area (Å²) in [7, 11) is 0. The molecule has 0 spiro atoms. The molecule has 0 rings (SSSR count). The van der Waals surface area contributed by atoms with Crippen molar-refractivity contribution in [3.05, 3.63) is 0 Å². The van der Waals surface area contributed by atoms with Crippen molar-refractivity contribution in [2.45, 2.75) is 32.2 Å². The molecule has 3 N–H and O–H groups in total. The number of carboxylic acid groups (broad SMARTS) is 1. The number of unbranched alkanes of at least 4 members (excludes halogenated alkanes) is 2. The molecule has 0 bridgehead atoms. The van der Waals surface area contributed by atoms with E-state index in [9.17, 15) is 4.79 Å². The SMILES string of the molecule is C[C@H](NCCCCCO)C(=O)O. The average molecular weight is 175 g/mol. The van der Waals surface area contributed by atoms with E-state index in [2.05, 4.69) is 5.32 Å². The van der Waals surface area contributed by atoms with Gasteiger partial charge in [0.2, 0.25) is 0 Å². The van der Waals surface area contributed by atoms with E-state index in [0.717, 1.165) is 19.3 Å². The molecule has 0 aromatic heterocycles. The van der Waals surface area contributed by atoms with Gasteiger partial charge in [-0.25, -0.2) is 0 Å². The maximum atomic E-state index is 10.3. The van der Waals surface area contributed by atoms with Gasteiger partial charge in [0.05, 0.1) is 0 Å². The number of aliphatic hydroxyl groups is 1. The van der Waals surface area contributed by atoms with Gasteiger partial charge in [-0.2, -0.15) is 0 Å². The fourth-order valence-electron chi connectivity index (χ4n) is 0.819. The highest BCUT2D eigenvalue weighted by molar-refractivity contribution is 5.72. The van der Waals surface area contributed by atoms with Gasteiger partial charge in [0.25, 0.3) is 0 Å². The van der Waals surface area contributed by atoms with Crippen molar-refractivity contribution in [1.29, 1.82) is 0 Å². The van der Waals surface area contributed by atoms with Crippen LogP contribution in [0.3, 0.4) is 0 Å². The number of hydrogen-bond donors (Lipinski definition) is 3. The smallest absolute Gasteiger partial charge is 0.320 e. The van der Waals surface area contributed by atoms with E-state index in [1.54, 1.807) is 6.92 Å². The lowest BCUT2D eigenvalue weighted by molar-refractivity contribution is -0.138. The van der Waals surface area contributed by atoms with Gasteiger partial charge in [0.1, 0.15) is 6.04 Å². The zero-order valence-electron chi connectivity index (χ0n) is 7.42. The van der Waals surface area contributed by atoms with Gasteiger partial charge in [-0.1, -0.05) is 0 Å². The van der Waals surface area contributed by atoms with Crippen LogP contribution in [0.5, 0.6) is 0 Å². The van der Waals surface area contributed by atoms with E-state index in [1.165, 1.54) is 0 Å². The second kappa shape index (κ2) is 7.06. The third kappa shape index (κ3) is 6.12. The Balaban J connectivity index is 3.14. The summed E-state index contributed by atoms with van der Waals surface area (Å²) >= 11 is 0. The quantitative estimate of drug-likeness (QED) is 0.484. The van der Waals surface area contributed by atoms with Crippen LogP contribution in [0.15, 0.2) is 0 Å². The third-order valence-corrected chi connectivity index (χ3v) is 1.66. The van der Waals surface area contributed by atoms with Crippen LogP contribution in [0, 0.1) is 0 Å². The molecule has 72 valence electrons. The van der Waals surface area contributed by atoms with Crippen molar-refractivity contribution in [3.63, 3.8) is 0 Å². The maximum Gasteiger partial charge on any atom is 0.320 e. The molecule has 0 heterocycles. The van der Waals surface area contributed by atoms with Crippen LogP contribution in [-0.2, 0) is 4.79 Å². The van der Waals surface area contributed by atoms with Crippen molar-refractivity contribution in [3.8, 4) is 0 Å². The molecular formula is C8H17NO3. The van der Waals surface area contributed by atoms with Crippen molar-refractivity contribution < 1.29 is 15.0 Å². The molecule has 0 aliphatic heterocycles. The van der Waals surface area contributed by atoms with Crippen molar-refractivity contribution in [2.75, 3.05) is 13.2 Å². The zero-order chi connectivity index (χ0) is 9.40. The predicted octanol–water partition coefficient (Wildman–Crippen LogP) is 0.212. The summed E-state index contributed by atoms with van der Waals surface area (Å²) < 4.78 is 0. The zero-order valence-corrected chi connectivity index (χ0v) is 7.42. The highest BCUT2D eigenvalue weighted by atomic mass is 16.4. The highest BCUT2D eigenvalue weighted by Gasteiger charge is 2.07. The van der Waals surface area contributed by atoms with Crippen LogP contribution in [0.4, 0.5) is 0 Å². The van der Waals surface area contributed by atoms with Gasteiger partial charge in [-0.05, 0) is 32.7 Å². The number of nitrogens with one attached hydrogen (secondary N) is 1. The van der Waals surface area contributed by atoms with Crippen LogP contribution in [0.25, 0.3) is 0 Å². The first kappa shape index (κ1) is 11.4. The predicted molar refractivity (Wildman–Crippen MR) is 46.0 cm³/mol. The molecule has 0 radical (unpaired) electrons. The number of aliphatic carboxylic acids is 1. The Hall–Kier alpha value is -0.610. The summed E-state index contributed by atoms with van der Waals surface area (Å²) in [6, 6.07) is -0.473. The Bertz CT molecular complexity index is 127. The molecule has 0 aliphatic rings. The van der Waals surface area contributed by atoms with Gasteiger partial charge < -0.3 is 15.5 Å². The highest BCUT2D eigenvalue weighted by Crippen LogP contribution is 1.92. The van der Waals surface area contributed by atoms with Crippen LogP contribution >= 0.6 is 0 Å². The molecule has 0 saturated heterocycles. The molecule has 0 unspecified atom stereocenters. The normalized spacial score (nSPS) is 12.8. The topological polar surface area (TPSA) is 69.6 Å². The minimum absolute atomic E-state index is 0.217. The second-order valence-corrected chi connectivity index (χ2v) is 2.80. The van der Waals surface area contributed by atoms with E-state index in [1.807, 2.05) is 0 Å². The lowest BCUT2D eigenvalue weighted by Gasteiger charge is -2.07. The molecule has 0 aromatic rings.